The van der Waals surface area contributed by atoms with Crippen molar-refractivity contribution in [2.45, 2.75) is 63.7 Å². The summed E-state index contributed by atoms with van der Waals surface area (Å²) >= 11 is 6.50. The van der Waals surface area contributed by atoms with E-state index >= 15 is 0 Å². The van der Waals surface area contributed by atoms with Gasteiger partial charge in [0.05, 0.1) is 12.6 Å². The predicted molar refractivity (Wildman–Crippen MR) is 166 cm³/mol. The van der Waals surface area contributed by atoms with E-state index in [0.29, 0.717) is 49.5 Å². The van der Waals surface area contributed by atoms with Gasteiger partial charge in [-0.3, -0.25) is 9.59 Å². The Morgan fingerprint density at radius 3 is 2.44 bits per heavy atom. The molecule has 2 amide bonds. The molecule has 2 atom stereocenters. The first kappa shape index (κ1) is 31.2. The molecule has 1 N–H and O–H groups in total. The highest BCUT2D eigenvalue weighted by Crippen LogP contribution is 2.40. The van der Waals surface area contributed by atoms with Crippen LogP contribution in [-0.2, 0) is 22.6 Å². The van der Waals surface area contributed by atoms with E-state index in [1.165, 1.54) is 0 Å². The standard InChI is InChI=1S/C35H35ClF3N3O3/c1-21(43)42-26-17-27(23-10-8-22(9-11-23)5-4-16-45-34-30(38)15-14-29(37)33(34)39)32(31(42)19-40-18-26)35(44)41(25-12-13-25)20-24-6-2-3-7-28(24)36/h2-3,6-11,14-15,25-26,31,40H,4-5,12-13,16-20H2,1H3. The first-order valence-electron chi connectivity index (χ1n) is 15.4. The summed E-state index contributed by atoms with van der Waals surface area (Å²) in [4.78, 5) is 31.2. The quantitative estimate of drug-likeness (QED) is 0.209. The van der Waals surface area contributed by atoms with Gasteiger partial charge in [-0.15, -0.1) is 0 Å². The number of hydrogen-bond donors (Lipinski definition) is 1. The van der Waals surface area contributed by atoms with Crippen molar-refractivity contribution < 1.29 is 27.5 Å². The molecule has 45 heavy (non-hydrogen) atoms. The first-order chi connectivity index (χ1) is 21.7. The number of rotatable bonds is 10. The lowest BCUT2D eigenvalue weighted by Crippen LogP contribution is -2.63. The molecule has 2 unspecified atom stereocenters. The number of nitrogens with one attached hydrogen (secondary N) is 1. The van der Waals surface area contributed by atoms with Crippen LogP contribution in [0.4, 0.5) is 13.2 Å². The van der Waals surface area contributed by atoms with Crippen LogP contribution in [0.25, 0.3) is 5.57 Å². The normalized spacial score (nSPS) is 19.4. The van der Waals surface area contributed by atoms with Crippen molar-refractivity contribution in [1.29, 1.82) is 0 Å². The van der Waals surface area contributed by atoms with E-state index in [1.807, 2.05) is 58.3 Å². The Bertz CT molecular complexity index is 1630. The van der Waals surface area contributed by atoms with Gasteiger partial charge in [0.1, 0.15) is 0 Å². The first-order valence-corrected chi connectivity index (χ1v) is 15.7. The summed E-state index contributed by atoms with van der Waals surface area (Å²) < 4.78 is 46.4. The third-order valence-corrected chi connectivity index (χ3v) is 9.22. The summed E-state index contributed by atoms with van der Waals surface area (Å²) in [6.07, 6.45) is 3.44. The molecule has 1 aliphatic carbocycles. The molecule has 3 aromatic carbocycles. The number of carbonyl (C=O) groups is 2. The molecule has 0 spiro atoms. The maximum atomic E-state index is 14.5. The molecule has 2 heterocycles. The zero-order valence-corrected chi connectivity index (χ0v) is 25.8. The Morgan fingerprint density at radius 2 is 1.73 bits per heavy atom. The minimum absolute atomic E-state index is 0.0164. The molecule has 3 aliphatic rings. The summed E-state index contributed by atoms with van der Waals surface area (Å²) in [6, 6.07) is 16.7. The molecule has 3 aromatic rings. The monoisotopic (exact) mass is 637 g/mol. The second-order valence-corrected chi connectivity index (χ2v) is 12.3. The fraction of sp³-hybridized carbons (Fsp3) is 0.371. The number of carbonyl (C=O) groups excluding carboxylic acids is 2. The number of fused-ring (bicyclic) bond motifs is 2. The van der Waals surface area contributed by atoms with Gasteiger partial charge in [-0.05, 0) is 72.6 Å². The van der Waals surface area contributed by atoms with Crippen molar-refractivity contribution in [1.82, 2.24) is 15.1 Å². The van der Waals surface area contributed by atoms with Crippen LogP contribution in [0, 0.1) is 17.5 Å². The van der Waals surface area contributed by atoms with Crippen molar-refractivity contribution in [2.75, 3.05) is 19.7 Å². The SMILES string of the molecule is CC(=O)N1C2CNCC1C(C(=O)N(Cc1ccccc1Cl)C1CC1)=C(c1ccc(CCCOc3c(F)ccc(F)c3F)cc1)C2. The van der Waals surface area contributed by atoms with E-state index in [9.17, 15) is 22.8 Å². The zero-order chi connectivity index (χ0) is 31.7. The Kier molecular flexibility index (Phi) is 9.19. The molecule has 1 saturated heterocycles. The second-order valence-electron chi connectivity index (χ2n) is 11.9. The Morgan fingerprint density at radius 1 is 1.00 bits per heavy atom. The summed E-state index contributed by atoms with van der Waals surface area (Å²) in [5, 5.41) is 4.05. The van der Waals surface area contributed by atoms with E-state index in [1.54, 1.807) is 6.92 Å². The average Bonchev–Trinajstić information content (AvgIpc) is 3.87. The minimum atomic E-state index is -1.33. The van der Waals surface area contributed by atoms with Crippen molar-refractivity contribution in [3.63, 3.8) is 0 Å². The molecule has 2 aliphatic heterocycles. The maximum Gasteiger partial charge on any atom is 0.252 e. The average molecular weight is 638 g/mol. The molecule has 2 fully saturated rings. The Hall–Kier alpha value is -3.82. The highest BCUT2D eigenvalue weighted by Gasteiger charge is 2.45. The van der Waals surface area contributed by atoms with E-state index in [4.69, 9.17) is 16.3 Å². The lowest BCUT2D eigenvalue weighted by atomic mass is 9.81. The second kappa shape index (κ2) is 13.3. The molecular weight excluding hydrogens is 603 g/mol. The highest BCUT2D eigenvalue weighted by atomic mass is 35.5. The molecule has 2 bridgehead atoms. The van der Waals surface area contributed by atoms with Crippen molar-refractivity contribution in [3.8, 4) is 5.75 Å². The van der Waals surface area contributed by atoms with E-state index in [0.717, 1.165) is 47.2 Å². The van der Waals surface area contributed by atoms with Crippen LogP contribution in [-0.4, -0.2) is 59.4 Å². The van der Waals surface area contributed by atoms with E-state index in [2.05, 4.69) is 5.32 Å². The highest BCUT2D eigenvalue weighted by molar-refractivity contribution is 6.31. The van der Waals surface area contributed by atoms with Gasteiger partial charge in [-0.25, -0.2) is 8.78 Å². The van der Waals surface area contributed by atoms with Crippen molar-refractivity contribution in [3.05, 3.63) is 105 Å². The summed E-state index contributed by atoms with van der Waals surface area (Å²) in [7, 11) is 0. The van der Waals surface area contributed by atoms with Crippen LogP contribution in [0.3, 0.4) is 0 Å². The lowest BCUT2D eigenvalue weighted by molar-refractivity contribution is -0.136. The van der Waals surface area contributed by atoms with Gasteiger partial charge < -0.3 is 19.9 Å². The zero-order valence-electron chi connectivity index (χ0n) is 25.0. The van der Waals surface area contributed by atoms with Crippen LogP contribution in [0.2, 0.25) is 5.02 Å². The van der Waals surface area contributed by atoms with Crippen LogP contribution >= 0.6 is 11.6 Å². The molecule has 10 heteroatoms. The van der Waals surface area contributed by atoms with Crippen LogP contribution < -0.4 is 10.1 Å². The van der Waals surface area contributed by atoms with Gasteiger partial charge in [-0.2, -0.15) is 4.39 Å². The number of aryl methyl sites for hydroxylation is 1. The fourth-order valence-corrected chi connectivity index (χ4v) is 6.69. The fourth-order valence-electron chi connectivity index (χ4n) is 6.50. The van der Waals surface area contributed by atoms with Gasteiger partial charge in [0.2, 0.25) is 11.7 Å². The summed E-state index contributed by atoms with van der Waals surface area (Å²) in [5.41, 5.74) is 4.39. The van der Waals surface area contributed by atoms with Gasteiger partial charge in [0, 0.05) is 49.2 Å². The minimum Gasteiger partial charge on any atom is -0.488 e. The number of piperazine rings is 1. The van der Waals surface area contributed by atoms with Gasteiger partial charge in [0.15, 0.2) is 17.4 Å². The van der Waals surface area contributed by atoms with Crippen molar-refractivity contribution >= 4 is 29.0 Å². The molecule has 0 aromatic heterocycles. The van der Waals surface area contributed by atoms with Crippen LogP contribution in [0.15, 0.2) is 66.2 Å². The number of amides is 2. The smallest absolute Gasteiger partial charge is 0.252 e. The molecular formula is C35H35ClF3N3O3. The van der Waals surface area contributed by atoms with E-state index in [-0.39, 0.29) is 36.5 Å². The number of halogens is 4. The van der Waals surface area contributed by atoms with E-state index < -0.39 is 23.2 Å². The topological polar surface area (TPSA) is 61.9 Å². The van der Waals surface area contributed by atoms with Gasteiger partial charge in [-0.1, -0.05) is 54.1 Å². The number of hydrogen-bond acceptors (Lipinski definition) is 4. The van der Waals surface area contributed by atoms with Crippen molar-refractivity contribution in [2.24, 2.45) is 0 Å². The Balaban J connectivity index is 1.25. The largest absolute Gasteiger partial charge is 0.488 e. The number of nitrogens with zero attached hydrogens (tertiary/aromatic N) is 2. The Labute approximate surface area is 265 Å². The molecule has 1 saturated carbocycles. The van der Waals surface area contributed by atoms with Gasteiger partial charge >= 0.3 is 0 Å². The summed E-state index contributed by atoms with van der Waals surface area (Å²) in [5.74, 6) is -4.26. The molecule has 0 radical (unpaired) electrons. The number of benzene rings is 3. The lowest BCUT2D eigenvalue weighted by Gasteiger charge is -2.48. The van der Waals surface area contributed by atoms with Gasteiger partial charge in [0.25, 0.3) is 5.91 Å². The predicted octanol–water partition coefficient (Wildman–Crippen LogP) is 6.31. The molecule has 6 rings (SSSR count). The third-order valence-electron chi connectivity index (χ3n) is 8.85. The summed E-state index contributed by atoms with van der Waals surface area (Å²) in [6.45, 7) is 3.13. The number of ether oxygens (including phenoxy) is 1. The maximum absolute atomic E-state index is 14.5. The molecule has 236 valence electrons. The third kappa shape index (κ3) is 6.60. The van der Waals surface area contributed by atoms with Crippen LogP contribution in [0.1, 0.15) is 49.3 Å². The molecule has 6 nitrogen and oxygen atoms in total. The van der Waals surface area contributed by atoms with Crippen LogP contribution in [0.5, 0.6) is 5.75 Å².